The van der Waals surface area contributed by atoms with Gasteiger partial charge < -0.3 is 30.1 Å². The van der Waals surface area contributed by atoms with E-state index in [4.69, 9.17) is 26.2 Å². The molecule has 0 saturated carbocycles. The third kappa shape index (κ3) is 6.18. The number of nitrogens with one attached hydrogen (secondary N) is 2. The van der Waals surface area contributed by atoms with Crippen LogP contribution >= 0.6 is 11.6 Å². The number of nitrogens with zero attached hydrogens (tertiary/aromatic N) is 1. The van der Waals surface area contributed by atoms with Crippen LogP contribution in [-0.2, 0) is 14.3 Å². The number of fused-ring (bicyclic) bond motifs is 1. The molecule has 2 saturated heterocycles. The normalized spacial score (nSPS) is 22.4. The molecule has 2 aliphatic heterocycles. The van der Waals surface area contributed by atoms with Gasteiger partial charge in [0.15, 0.2) is 5.79 Å². The summed E-state index contributed by atoms with van der Waals surface area (Å²) in [5.41, 5.74) is 1.32. The van der Waals surface area contributed by atoms with Crippen LogP contribution in [0.2, 0.25) is 5.02 Å². The van der Waals surface area contributed by atoms with Gasteiger partial charge in [-0.25, -0.2) is 4.79 Å². The summed E-state index contributed by atoms with van der Waals surface area (Å²) in [6, 6.07) is 4.39. The van der Waals surface area contributed by atoms with Crippen LogP contribution in [0.25, 0.3) is 6.08 Å². The van der Waals surface area contributed by atoms with Crippen LogP contribution in [0.3, 0.4) is 0 Å². The van der Waals surface area contributed by atoms with Crippen LogP contribution in [0, 0.1) is 0 Å². The first-order valence-electron chi connectivity index (χ1n) is 9.74. The van der Waals surface area contributed by atoms with E-state index in [0.29, 0.717) is 23.8 Å². The summed E-state index contributed by atoms with van der Waals surface area (Å²) in [5.74, 6) is -0.630. The SMILES string of the molecule is C=Cc1cc(Cl)ccc1NC(=O)N[C@@H](C)CC(=O)N1C[C@@H]2OC(C)(C)O[C@@H]2C1.CO. The van der Waals surface area contributed by atoms with Crippen molar-refractivity contribution in [2.75, 3.05) is 25.5 Å². The van der Waals surface area contributed by atoms with Crippen LogP contribution in [-0.4, -0.2) is 66.2 Å². The van der Waals surface area contributed by atoms with E-state index in [1.54, 1.807) is 36.1 Å². The van der Waals surface area contributed by atoms with E-state index in [2.05, 4.69) is 17.2 Å². The number of likely N-dealkylation sites (tertiary alicyclic amines) is 1. The first kappa shape index (κ1) is 24.1. The van der Waals surface area contributed by atoms with Crippen molar-refractivity contribution in [1.82, 2.24) is 10.2 Å². The van der Waals surface area contributed by atoms with Gasteiger partial charge in [0, 0.05) is 43.4 Å². The standard InChI is InChI=1S/C20H26ClN3O4.CH4O/c1-5-13-9-14(21)6-7-15(13)23-19(26)22-12(2)8-18(25)24-10-16-17(11-24)28-20(3,4)27-16;1-2/h5-7,9,12,16-17H,1,8,10-11H2,2-4H3,(H2,22,23,26);2H,1H3/t12-,16-,17+;/m0./s1. The van der Waals surface area contributed by atoms with Crippen molar-refractivity contribution >= 4 is 35.3 Å². The Labute approximate surface area is 182 Å². The lowest BCUT2D eigenvalue weighted by molar-refractivity contribution is -0.160. The monoisotopic (exact) mass is 439 g/mol. The molecule has 0 bridgehead atoms. The summed E-state index contributed by atoms with van der Waals surface area (Å²) in [6.45, 7) is 10.3. The third-order valence-corrected chi connectivity index (χ3v) is 5.01. The number of urea groups is 1. The van der Waals surface area contributed by atoms with Crippen LogP contribution in [0.15, 0.2) is 24.8 Å². The molecule has 3 atom stereocenters. The maximum absolute atomic E-state index is 12.5. The van der Waals surface area contributed by atoms with Gasteiger partial charge in [-0.3, -0.25) is 4.79 Å². The van der Waals surface area contributed by atoms with E-state index in [1.165, 1.54) is 0 Å². The summed E-state index contributed by atoms with van der Waals surface area (Å²) in [4.78, 5) is 26.5. The zero-order valence-electron chi connectivity index (χ0n) is 17.8. The smallest absolute Gasteiger partial charge is 0.319 e. The molecule has 3 amide bonds. The Kier molecular flexibility index (Phi) is 8.25. The van der Waals surface area contributed by atoms with Crippen molar-refractivity contribution in [3.05, 3.63) is 35.4 Å². The van der Waals surface area contributed by atoms with E-state index in [0.717, 1.165) is 12.7 Å². The zero-order chi connectivity index (χ0) is 22.5. The predicted octanol–water partition coefficient (Wildman–Crippen LogP) is 2.85. The Bertz CT molecular complexity index is 770. The average Bonchev–Trinajstić information content (AvgIpc) is 3.18. The van der Waals surface area contributed by atoms with E-state index in [-0.39, 0.29) is 30.6 Å². The molecule has 2 heterocycles. The van der Waals surface area contributed by atoms with Gasteiger partial charge in [-0.2, -0.15) is 0 Å². The maximum atomic E-state index is 12.5. The molecule has 8 nitrogen and oxygen atoms in total. The molecule has 30 heavy (non-hydrogen) atoms. The summed E-state index contributed by atoms with van der Waals surface area (Å²) >= 11 is 5.95. The second kappa shape index (κ2) is 10.3. The lowest BCUT2D eigenvalue weighted by Gasteiger charge is -2.24. The molecule has 1 aromatic rings. The molecule has 2 aliphatic rings. The molecule has 0 unspecified atom stereocenters. The number of hydrogen-bond donors (Lipinski definition) is 3. The van der Waals surface area contributed by atoms with Crippen LogP contribution in [0.4, 0.5) is 10.5 Å². The van der Waals surface area contributed by atoms with Gasteiger partial charge in [-0.1, -0.05) is 24.3 Å². The highest BCUT2D eigenvalue weighted by atomic mass is 35.5. The van der Waals surface area contributed by atoms with Gasteiger partial charge >= 0.3 is 6.03 Å². The Balaban J connectivity index is 0.00000155. The van der Waals surface area contributed by atoms with E-state index >= 15 is 0 Å². The van der Waals surface area contributed by atoms with Gasteiger partial charge in [-0.15, -0.1) is 0 Å². The number of anilines is 1. The van der Waals surface area contributed by atoms with Gasteiger partial charge in [-0.05, 0) is 44.5 Å². The minimum absolute atomic E-state index is 0.0366. The van der Waals surface area contributed by atoms with Crippen molar-refractivity contribution < 1.29 is 24.2 Å². The Morgan fingerprint density at radius 1 is 1.33 bits per heavy atom. The van der Waals surface area contributed by atoms with Gasteiger partial charge in [0.25, 0.3) is 0 Å². The van der Waals surface area contributed by atoms with Crippen molar-refractivity contribution in [3.8, 4) is 0 Å². The minimum atomic E-state index is -0.594. The summed E-state index contributed by atoms with van der Waals surface area (Å²) in [7, 11) is 1.00. The molecule has 2 fully saturated rings. The number of rotatable bonds is 5. The quantitative estimate of drug-likeness (QED) is 0.655. The number of aliphatic hydroxyl groups excluding tert-OH is 1. The molecule has 0 aromatic heterocycles. The molecule has 3 N–H and O–H groups in total. The Morgan fingerprint density at radius 3 is 2.50 bits per heavy atom. The van der Waals surface area contributed by atoms with Crippen LogP contribution in [0.1, 0.15) is 32.8 Å². The summed E-state index contributed by atoms with van der Waals surface area (Å²) in [5, 5.41) is 13.1. The third-order valence-electron chi connectivity index (χ3n) is 4.78. The van der Waals surface area contributed by atoms with Crippen molar-refractivity contribution in [1.29, 1.82) is 0 Å². The number of aliphatic hydroxyl groups is 1. The van der Waals surface area contributed by atoms with Crippen molar-refractivity contribution in [2.45, 2.75) is 51.2 Å². The van der Waals surface area contributed by atoms with Crippen LogP contribution < -0.4 is 10.6 Å². The molecule has 0 radical (unpaired) electrons. The van der Waals surface area contributed by atoms with E-state index < -0.39 is 11.8 Å². The van der Waals surface area contributed by atoms with Crippen molar-refractivity contribution in [3.63, 3.8) is 0 Å². The second-order valence-electron chi connectivity index (χ2n) is 7.65. The average molecular weight is 440 g/mol. The number of amides is 3. The lowest BCUT2D eigenvalue weighted by Crippen LogP contribution is -2.41. The highest BCUT2D eigenvalue weighted by Gasteiger charge is 2.47. The minimum Gasteiger partial charge on any atom is -0.400 e. The number of benzene rings is 1. The van der Waals surface area contributed by atoms with Crippen molar-refractivity contribution in [2.24, 2.45) is 0 Å². The largest absolute Gasteiger partial charge is 0.400 e. The fourth-order valence-corrected chi connectivity index (χ4v) is 3.75. The van der Waals surface area contributed by atoms with Gasteiger partial charge in [0.05, 0.1) is 0 Å². The van der Waals surface area contributed by atoms with Gasteiger partial charge in [0.2, 0.25) is 5.91 Å². The molecule has 0 spiro atoms. The number of halogens is 1. The summed E-state index contributed by atoms with van der Waals surface area (Å²) in [6.07, 6.45) is 1.63. The second-order valence-corrected chi connectivity index (χ2v) is 8.09. The number of ether oxygens (including phenoxy) is 2. The fraction of sp³-hybridized carbons (Fsp3) is 0.524. The Hall–Kier alpha value is -2.13. The van der Waals surface area contributed by atoms with Gasteiger partial charge in [0.1, 0.15) is 12.2 Å². The topological polar surface area (TPSA) is 100 Å². The molecule has 166 valence electrons. The molecule has 1 aromatic carbocycles. The Morgan fingerprint density at radius 2 is 1.93 bits per heavy atom. The number of carbonyl (C=O) groups excluding carboxylic acids is 2. The fourth-order valence-electron chi connectivity index (χ4n) is 3.57. The highest BCUT2D eigenvalue weighted by Crippen LogP contribution is 2.33. The molecular formula is C21H30ClN3O5. The predicted molar refractivity (Wildman–Crippen MR) is 116 cm³/mol. The highest BCUT2D eigenvalue weighted by molar-refractivity contribution is 6.30. The number of hydrogen-bond acceptors (Lipinski definition) is 5. The lowest BCUT2D eigenvalue weighted by atomic mass is 10.2. The van der Waals surface area contributed by atoms with E-state index in [9.17, 15) is 9.59 Å². The van der Waals surface area contributed by atoms with E-state index in [1.807, 2.05) is 13.8 Å². The molecular weight excluding hydrogens is 410 g/mol. The summed E-state index contributed by atoms with van der Waals surface area (Å²) < 4.78 is 11.6. The first-order valence-corrected chi connectivity index (χ1v) is 10.1. The molecule has 3 rings (SSSR count). The molecule has 9 heteroatoms. The van der Waals surface area contributed by atoms with Crippen LogP contribution in [0.5, 0.6) is 0 Å². The molecule has 0 aliphatic carbocycles. The zero-order valence-corrected chi connectivity index (χ0v) is 18.5. The first-order chi connectivity index (χ1) is 14.2. The maximum Gasteiger partial charge on any atom is 0.319 e. The number of carbonyl (C=O) groups is 2.